The van der Waals surface area contributed by atoms with Crippen molar-refractivity contribution in [3.05, 3.63) is 46.3 Å². The molecule has 0 unspecified atom stereocenters. The normalized spacial score (nSPS) is 11.4. The third-order valence-corrected chi connectivity index (χ3v) is 6.37. The fourth-order valence-corrected chi connectivity index (χ4v) is 4.79. The Morgan fingerprint density at radius 3 is 2.58 bits per heavy atom. The summed E-state index contributed by atoms with van der Waals surface area (Å²) in [7, 11) is -3.46. The Hall–Kier alpha value is -0.890. The molecule has 0 fully saturated rings. The molecule has 0 aliphatic rings. The minimum absolute atomic E-state index is 0.224. The number of hydrogen-bond acceptors (Lipinski definition) is 4. The van der Waals surface area contributed by atoms with E-state index in [4.69, 9.17) is 4.74 Å². The van der Waals surface area contributed by atoms with Gasteiger partial charge < -0.3 is 4.74 Å². The molecule has 1 aromatic heterocycles. The van der Waals surface area contributed by atoms with Crippen molar-refractivity contribution in [3.8, 4) is 5.75 Å². The van der Waals surface area contributed by atoms with Crippen molar-refractivity contribution in [3.63, 3.8) is 0 Å². The molecule has 0 aliphatic heterocycles. The van der Waals surface area contributed by atoms with Crippen molar-refractivity contribution < 1.29 is 13.2 Å². The van der Waals surface area contributed by atoms with Crippen LogP contribution in [0.3, 0.4) is 0 Å². The Balaban J connectivity index is 1.85. The molecule has 1 heterocycles. The number of benzene rings is 1. The summed E-state index contributed by atoms with van der Waals surface area (Å²) in [6.07, 6.45) is 0. The van der Waals surface area contributed by atoms with E-state index in [2.05, 4.69) is 20.7 Å². The van der Waals surface area contributed by atoms with Gasteiger partial charge in [-0.25, -0.2) is 13.1 Å². The van der Waals surface area contributed by atoms with Gasteiger partial charge in [-0.05, 0) is 39.5 Å². The molecule has 0 saturated heterocycles. The van der Waals surface area contributed by atoms with E-state index in [1.165, 1.54) is 11.3 Å². The minimum Gasteiger partial charge on any atom is -0.492 e. The first kappa shape index (κ1) is 14.5. The van der Waals surface area contributed by atoms with Crippen LogP contribution in [0.2, 0.25) is 0 Å². The van der Waals surface area contributed by atoms with E-state index in [-0.39, 0.29) is 17.4 Å². The van der Waals surface area contributed by atoms with E-state index in [9.17, 15) is 8.42 Å². The predicted octanol–water partition coefficient (Wildman–Crippen LogP) is 2.87. The lowest BCUT2D eigenvalue weighted by Crippen LogP contribution is -2.27. The zero-order valence-corrected chi connectivity index (χ0v) is 13.1. The molecule has 4 nitrogen and oxygen atoms in total. The summed E-state index contributed by atoms with van der Waals surface area (Å²) in [5.74, 6) is 0.721. The van der Waals surface area contributed by atoms with Gasteiger partial charge in [-0.15, -0.1) is 11.3 Å². The summed E-state index contributed by atoms with van der Waals surface area (Å²) >= 11 is 4.38. The van der Waals surface area contributed by atoms with Crippen molar-refractivity contribution >= 4 is 37.3 Å². The molecule has 0 radical (unpaired) electrons. The fraction of sp³-hybridized carbons (Fsp3) is 0.167. The second-order valence-corrected chi connectivity index (χ2v) is 7.35. The van der Waals surface area contributed by atoms with Crippen LogP contribution in [-0.2, 0) is 10.0 Å². The Labute approximate surface area is 124 Å². The van der Waals surface area contributed by atoms with Gasteiger partial charge in [-0.2, -0.15) is 0 Å². The summed E-state index contributed by atoms with van der Waals surface area (Å²) in [6.45, 7) is 0.508. The number of rotatable bonds is 6. The van der Waals surface area contributed by atoms with Crippen LogP contribution >= 0.6 is 27.3 Å². The first-order valence-corrected chi connectivity index (χ1v) is 8.66. The summed E-state index contributed by atoms with van der Waals surface area (Å²) in [5.41, 5.74) is 0. The van der Waals surface area contributed by atoms with Gasteiger partial charge in [-0.1, -0.05) is 18.2 Å². The Morgan fingerprint density at radius 1 is 1.21 bits per heavy atom. The monoisotopic (exact) mass is 361 g/mol. The molecule has 0 spiro atoms. The summed E-state index contributed by atoms with van der Waals surface area (Å²) in [5, 5.41) is 1.72. The maximum Gasteiger partial charge on any atom is 0.251 e. The first-order valence-electron chi connectivity index (χ1n) is 5.50. The van der Waals surface area contributed by atoms with Crippen molar-refractivity contribution in [2.45, 2.75) is 4.21 Å². The molecule has 102 valence electrons. The smallest absolute Gasteiger partial charge is 0.251 e. The predicted molar refractivity (Wildman–Crippen MR) is 79.1 cm³/mol. The van der Waals surface area contributed by atoms with E-state index in [1.54, 1.807) is 11.4 Å². The largest absolute Gasteiger partial charge is 0.492 e. The number of hydrogen-bond donors (Lipinski definition) is 1. The van der Waals surface area contributed by atoms with E-state index in [0.29, 0.717) is 4.47 Å². The van der Waals surface area contributed by atoms with Gasteiger partial charge >= 0.3 is 0 Å². The average Bonchev–Trinajstić information content (AvgIpc) is 2.83. The van der Waals surface area contributed by atoms with E-state index >= 15 is 0 Å². The van der Waals surface area contributed by atoms with Gasteiger partial charge in [0, 0.05) is 11.0 Å². The van der Waals surface area contributed by atoms with Crippen molar-refractivity contribution in [1.82, 2.24) is 4.72 Å². The van der Waals surface area contributed by atoms with Gasteiger partial charge in [0.15, 0.2) is 0 Å². The highest BCUT2D eigenvalue weighted by atomic mass is 79.9. The Bertz CT molecular complexity index is 625. The SMILES string of the molecule is O=S(=O)(NCCOc1ccccc1)c1sccc1Br. The standard InChI is InChI=1S/C12H12BrNO3S2/c13-11-6-9-18-12(11)19(15,16)14-7-8-17-10-4-2-1-3-5-10/h1-6,9,14H,7-8H2. The van der Waals surface area contributed by atoms with Crippen LogP contribution in [0.15, 0.2) is 50.5 Å². The number of para-hydroxylation sites is 1. The fourth-order valence-electron chi connectivity index (χ4n) is 1.40. The highest BCUT2D eigenvalue weighted by molar-refractivity contribution is 9.10. The number of thiophene rings is 1. The first-order chi connectivity index (χ1) is 9.09. The van der Waals surface area contributed by atoms with E-state index < -0.39 is 10.0 Å². The van der Waals surface area contributed by atoms with Crippen LogP contribution in [0.4, 0.5) is 0 Å². The minimum atomic E-state index is -3.46. The van der Waals surface area contributed by atoms with Crippen LogP contribution in [0.1, 0.15) is 0 Å². The van der Waals surface area contributed by atoms with Gasteiger partial charge in [0.1, 0.15) is 16.6 Å². The number of nitrogens with one attached hydrogen (secondary N) is 1. The Morgan fingerprint density at radius 2 is 1.95 bits per heavy atom. The average molecular weight is 362 g/mol. The quantitative estimate of drug-likeness (QED) is 0.804. The van der Waals surface area contributed by atoms with Crippen LogP contribution in [0.5, 0.6) is 5.75 Å². The molecule has 2 aromatic rings. The zero-order valence-electron chi connectivity index (χ0n) is 9.87. The molecule has 0 amide bonds. The molecule has 0 aliphatic carbocycles. The molecule has 19 heavy (non-hydrogen) atoms. The number of ether oxygens (including phenoxy) is 1. The van der Waals surface area contributed by atoms with Gasteiger partial charge in [-0.3, -0.25) is 0 Å². The Kier molecular flexibility index (Phi) is 4.98. The topological polar surface area (TPSA) is 55.4 Å². The molecule has 0 bridgehead atoms. The van der Waals surface area contributed by atoms with Gasteiger partial charge in [0.25, 0.3) is 10.0 Å². The lowest BCUT2D eigenvalue weighted by molar-refractivity contribution is 0.323. The number of halogens is 1. The molecule has 2 rings (SSSR count). The third kappa shape index (κ3) is 4.04. The zero-order chi connectivity index (χ0) is 13.7. The van der Waals surface area contributed by atoms with Gasteiger partial charge in [0.05, 0.1) is 0 Å². The maximum atomic E-state index is 11.9. The van der Waals surface area contributed by atoms with Crippen LogP contribution in [0.25, 0.3) is 0 Å². The van der Waals surface area contributed by atoms with E-state index in [1.807, 2.05) is 30.3 Å². The highest BCUT2D eigenvalue weighted by Gasteiger charge is 2.18. The lowest BCUT2D eigenvalue weighted by Gasteiger charge is -2.07. The lowest BCUT2D eigenvalue weighted by atomic mass is 10.3. The van der Waals surface area contributed by atoms with Crippen LogP contribution < -0.4 is 9.46 Å². The summed E-state index contributed by atoms with van der Waals surface area (Å²) in [4.78, 5) is 0. The summed E-state index contributed by atoms with van der Waals surface area (Å²) in [6, 6.07) is 11.0. The maximum absolute atomic E-state index is 11.9. The second-order valence-electron chi connectivity index (χ2n) is 3.62. The molecule has 0 atom stereocenters. The van der Waals surface area contributed by atoms with E-state index in [0.717, 1.165) is 5.75 Å². The van der Waals surface area contributed by atoms with Crippen molar-refractivity contribution in [2.75, 3.05) is 13.2 Å². The number of sulfonamides is 1. The van der Waals surface area contributed by atoms with Crippen molar-refractivity contribution in [1.29, 1.82) is 0 Å². The summed E-state index contributed by atoms with van der Waals surface area (Å²) < 4.78 is 32.7. The highest BCUT2D eigenvalue weighted by Crippen LogP contribution is 2.27. The molecular weight excluding hydrogens is 350 g/mol. The van der Waals surface area contributed by atoms with Crippen LogP contribution in [0, 0.1) is 0 Å². The molecule has 1 N–H and O–H groups in total. The molecule has 0 saturated carbocycles. The van der Waals surface area contributed by atoms with Crippen molar-refractivity contribution in [2.24, 2.45) is 0 Å². The molecular formula is C12H12BrNO3S2. The third-order valence-electron chi connectivity index (χ3n) is 2.23. The molecule has 7 heteroatoms. The second kappa shape index (κ2) is 6.51. The van der Waals surface area contributed by atoms with Crippen LogP contribution in [-0.4, -0.2) is 21.6 Å². The molecule has 1 aromatic carbocycles. The van der Waals surface area contributed by atoms with Gasteiger partial charge in [0.2, 0.25) is 0 Å².